The van der Waals surface area contributed by atoms with E-state index >= 15 is 0 Å². The molecule has 0 spiro atoms. The van der Waals surface area contributed by atoms with Gasteiger partial charge in [0.05, 0.1) is 10.8 Å². The van der Waals surface area contributed by atoms with Gasteiger partial charge in [0.15, 0.2) is 11.5 Å². The predicted octanol–water partition coefficient (Wildman–Crippen LogP) is 4.04. The summed E-state index contributed by atoms with van der Waals surface area (Å²) in [6, 6.07) is 4.47. The molecule has 0 fully saturated rings. The lowest BCUT2D eigenvalue weighted by atomic mass is 9.86. The fourth-order valence-electron chi connectivity index (χ4n) is 3.03. The Morgan fingerprint density at radius 2 is 1.43 bits per heavy atom. The van der Waals surface area contributed by atoms with Gasteiger partial charge < -0.3 is 25.1 Å². The first kappa shape index (κ1) is 30.1. The van der Waals surface area contributed by atoms with Gasteiger partial charge in [0, 0.05) is 19.8 Å². The van der Waals surface area contributed by atoms with Crippen LogP contribution >= 0.6 is 0 Å². The highest BCUT2D eigenvalue weighted by Crippen LogP contribution is 2.35. The Labute approximate surface area is 207 Å². The Balaban J connectivity index is 3.39. The SMILES string of the molecule is CCC(C)(C)C(=O)Oc1ccc(CC(N)(C[C@H](C)OC(C)=O)C(=O)O)cc1OC(=O)C(C)(C)CC. The van der Waals surface area contributed by atoms with Gasteiger partial charge in [-0.05, 0) is 65.2 Å². The molecule has 0 aliphatic carbocycles. The summed E-state index contributed by atoms with van der Waals surface area (Å²) in [6.45, 7) is 13.5. The lowest BCUT2D eigenvalue weighted by Crippen LogP contribution is -2.52. The van der Waals surface area contributed by atoms with Crippen molar-refractivity contribution in [3.8, 4) is 11.5 Å². The highest BCUT2D eigenvalue weighted by molar-refractivity contribution is 5.82. The Bertz CT molecular complexity index is 953. The van der Waals surface area contributed by atoms with Gasteiger partial charge in [-0.1, -0.05) is 19.9 Å². The molecule has 9 heteroatoms. The van der Waals surface area contributed by atoms with Crippen LogP contribution in [0.3, 0.4) is 0 Å². The molecule has 0 aliphatic heterocycles. The number of nitrogens with two attached hydrogens (primary N) is 1. The normalized spacial score (nSPS) is 14.4. The van der Waals surface area contributed by atoms with Crippen LogP contribution < -0.4 is 15.2 Å². The third-order valence-corrected chi connectivity index (χ3v) is 6.25. The first-order chi connectivity index (χ1) is 16.0. The summed E-state index contributed by atoms with van der Waals surface area (Å²) in [7, 11) is 0. The van der Waals surface area contributed by atoms with Gasteiger partial charge in [-0.25, -0.2) is 0 Å². The zero-order valence-electron chi connectivity index (χ0n) is 22.0. The zero-order chi connectivity index (χ0) is 27.2. The molecule has 0 aliphatic rings. The summed E-state index contributed by atoms with van der Waals surface area (Å²) in [5.74, 6) is -2.79. The number of hydrogen-bond donors (Lipinski definition) is 2. The summed E-state index contributed by atoms with van der Waals surface area (Å²) in [4.78, 5) is 48.7. The van der Waals surface area contributed by atoms with Gasteiger partial charge in [-0.3, -0.25) is 19.2 Å². The van der Waals surface area contributed by atoms with E-state index in [1.165, 1.54) is 19.1 Å². The molecule has 2 atom stereocenters. The van der Waals surface area contributed by atoms with Crippen LogP contribution in [0.15, 0.2) is 18.2 Å². The summed E-state index contributed by atoms with van der Waals surface area (Å²) in [6.07, 6.45) is 0.0398. The molecule has 0 heterocycles. The molecule has 9 nitrogen and oxygen atoms in total. The Morgan fingerprint density at radius 3 is 1.86 bits per heavy atom. The minimum absolute atomic E-state index is 0.00458. The largest absolute Gasteiger partial charge is 0.480 e. The summed E-state index contributed by atoms with van der Waals surface area (Å²) >= 11 is 0. The molecular weight excluding hydrogens is 454 g/mol. The molecule has 0 radical (unpaired) electrons. The molecule has 0 bridgehead atoms. The van der Waals surface area contributed by atoms with Crippen LogP contribution in [0.4, 0.5) is 0 Å². The third-order valence-electron chi connectivity index (χ3n) is 6.25. The molecule has 1 rings (SSSR count). The Hall–Kier alpha value is -2.94. The molecule has 1 unspecified atom stereocenters. The van der Waals surface area contributed by atoms with E-state index in [1.54, 1.807) is 40.7 Å². The number of carbonyl (C=O) groups excluding carboxylic acids is 3. The van der Waals surface area contributed by atoms with Crippen molar-refractivity contribution in [1.82, 2.24) is 0 Å². The molecule has 3 N–H and O–H groups in total. The number of benzene rings is 1. The van der Waals surface area contributed by atoms with Gasteiger partial charge in [-0.2, -0.15) is 0 Å². The van der Waals surface area contributed by atoms with Crippen LogP contribution in [0.2, 0.25) is 0 Å². The Kier molecular flexibility index (Phi) is 10.0. The maximum absolute atomic E-state index is 12.8. The van der Waals surface area contributed by atoms with Crippen molar-refractivity contribution in [3.63, 3.8) is 0 Å². The van der Waals surface area contributed by atoms with E-state index in [0.29, 0.717) is 18.4 Å². The molecule has 0 aromatic heterocycles. The molecular formula is C26H39NO8. The smallest absolute Gasteiger partial charge is 0.324 e. The van der Waals surface area contributed by atoms with Crippen molar-refractivity contribution in [1.29, 1.82) is 0 Å². The fraction of sp³-hybridized carbons (Fsp3) is 0.615. The Morgan fingerprint density at radius 1 is 0.943 bits per heavy atom. The quantitative estimate of drug-likeness (QED) is 0.326. The average Bonchev–Trinajstić information content (AvgIpc) is 2.74. The van der Waals surface area contributed by atoms with Crippen molar-refractivity contribution < 1.29 is 38.5 Å². The van der Waals surface area contributed by atoms with Gasteiger partial charge in [-0.15, -0.1) is 0 Å². The topological polar surface area (TPSA) is 142 Å². The van der Waals surface area contributed by atoms with Crippen LogP contribution in [0.1, 0.15) is 80.2 Å². The zero-order valence-corrected chi connectivity index (χ0v) is 22.0. The molecule has 0 saturated heterocycles. The number of esters is 3. The molecule has 0 saturated carbocycles. The van der Waals surface area contributed by atoms with Crippen LogP contribution in [0.5, 0.6) is 11.5 Å². The second-order valence-electron chi connectivity index (χ2n) is 10.3. The monoisotopic (exact) mass is 493 g/mol. The van der Waals surface area contributed by atoms with E-state index in [2.05, 4.69) is 0 Å². The second-order valence-corrected chi connectivity index (χ2v) is 10.3. The molecule has 0 amide bonds. The van der Waals surface area contributed by atoms with E-state index in [0.717, 1.165) is 0 Å². The van der Waals surface area contributed by atoms with E-state index in [1.807, 2.05) is 13.8 Å². The molecule has 1 aromatic rings. The van der Waals surface area contributed by atoms with Crippen LogP contribution in [0.25, 0.3) is 0 Å². The van der Waals surface area contributed by atoms with Gasteiger partial charge in [0.25, 0.3) is 0 Å². The maximum atomic E-state index is 12.8. The first-order valence-corrected chi connectivity index (χ1v) is 11.7. The number of rotatable bonds is 12. The minimum atomic E-state index is -1.76. The highest BCUT2D eigenvalue weighted by Gasteiger charge is 2.37. The predicted molar refractivity (Wildman–Crippen MR) is 130 cm³/mol. The molecule has 196 valence electrons. The van der Waals surface area contributed by atoms with Crippen LogP contribution in [0, 0.1) is 10.8 Å². The van der Waals surface area contributed by atoms with Crippen molar-refractivity contribution in [3.05, 3.63) is 23.8 Å². The summed E-state index contributed by atoms with van der Waals surface area (Å²) < 4.78 is 16.2. The summed E-state index contributed by atoms with van der Waals surface area (Å²) in [5.41, 5.74) is 3.33. The minimum Gasteiger partial charge on any atom is -0.480 e. The summed E-state index contributed by atoms with van der Waals surface area (Å²) in [5, 5.41) is 9.80. The van der Waals surface area contributed by atoms with Gasteiger partial charge in [0.2, 0.25) is 0 Å². The average molecular weight is 494 g/mol. The van der Waals surface area contributed by atoms with Crippen LogP contribution in [-0.2, 0) is 30.3 Å². The van der Waals surface area contributed by atoms with Crippen molar-refractivity contribution >= 4 is 23.9 Å². The first-order valence-electron chi connectivity index (χ1n) is 11.7. The molecule has 1 aromatic carbocycles. The molecule has 35 heavy (non-hydrogen) atoms. The van der Waals surface area contributed by atoms with Crippen LogP contribution in [-0.4, -0.2) is 40.6 Å². The van der Waals surface area contributed by atoms with Crippen molar-refractivity contribution in [2.75, 3.05) is 0 Å². The second kappa shape index (κ2) is 11.7. The van der Waals surface area contributed by atoms with Gasteiger partial charge in [0.1, 0.15) is 11.6 Å². The van der Waals surface area contributed by atoms with Crippen molar-refractivity contribution in [2.45, 2.75) is 92.7 Å². The fourth-order valence-corrected chi connectivity index (χ4v) is 3.03. The number of hydrogen-bond acceptors (Lipinski definition) is 8. The number of ether oxygens (including phenoxy) is 3. The lowest BCUT2D eigenvalue weighted by Gasteiger charge is -2.28. The third kappa shape index (κ3) is 8.35. The number of aliphatic carboxylic acids is 1. The number of carbonyl (C=O) groups is 4. The van der Waals surface area contributed by atoms with E-state index in [-0.39, 0.29) is 24.3 Å². The highest BCUT2D eigenvalue weighted by atomic mass is 16.6. The lowest BCUT2D eigenvalue weighted by molar-refractivity contribution is -0.151. The van der Waals surface area contributed by atoms with E-state index in [4.69, 9.17) is 19.9 Å². The standard InChI is InChI=1S/C26H39NO8/c1-9-24(5,6)22(31)34-19-12-11-18(13-20(19)35-23(32)25(7,8)10-2)15-26(27,21(29)30)14-16(3)33-17(4)28/h11-13,16H,9-10,14-15,27H2,1-8H3,(H,29,30)/t16-,26?/m0/s1. The van der Waals surface area contributed by atoms with E-state index < -0.39 is 46.4 Å². The van der Waals surface area contributed by atoms with Gasteiger partial charge >= 0.3 is 23.9 Å². The van der Waals surface area contributed by atoms with E-state index in [9.17, 15) is 24.3 Å². The van der Waals surface area contributed by atoms with Crippen molar-refractivity contribution in [2.24, 2.45) is 16.6 Å². The number of carboxylic acids is 1. The number of carboxylic acid groups (broad SMARTS) is 1. The maximum Gasteiger partial charge on any atom is 0.324 e.